The Kier molecular flexibility index (Phi) is 5.37. The number of benzene rings is 2. The van der Waals surface area contributed by atoms with E-state index < -0.39 is 5.97 Å². The second-order valence-corrected chi connectivity index (χ2v) is 6.19. The second-order valence-electron chi connectivity index (χ2n) is 6.19. The van der Waals surface area contributed by atoms with E-state index in [9.17, 15) is 9.59 Å². The topological polar surface area (TPSA) is 69.2 Å². The first-order valence-electron chi connectivity index (χ1n) is 8.59. The van der Waals surface area contributed by atoms with Gasteiger partial charge in [0.05, 0.1) is 16.6 Å². The van der Waals surface area contributed by atoms with Crippen LogP contribution in [0.2, 0.25) is 0 Å². The molecule has 1 heterocycles. The van der Waals surface area contributed by atoms with Gasteiger partial charge in [0.1, 0.15) is 0 Å². The van der Waals surface area contributed by atoms with Crippen molar-refractivity contribution in [2.75, 3.05) is 6.61 Å². The lowest BCUT2D eigenvalue weighted by Crippen LogP contribution is -2.14. The van der Waals surface area contributed by atoms with Gasteiger partial charge in [-0.3, -0.25) is 14.8 Å². The lowest BCUT2D eigenvalue weighted by Gasteiger charge is -2.09. The van der Waals surface area contributed by atoms with Gasteiger partial charge in [-0.1, -0.05) is 38.1 Å². The van der Waals surface area contributed by atoms with Gasteiger partial charge >= 0.3 is 5.97 Å². The zero-order valence-corrected chi connectivity index (χ0v) is 14.8. The smallest absolute Gasteiger partial charge is 0.338 e. The van der Waals surface area contributed by atoms with Crippen LogP contribution in [0, 0.1) is 0 Å². The Morgan fingerprint density at radius 1 is 0.962 bits per heavy atom. The zero-order chi connectivity index (χ0) is 18.5. The summed E-state index contributed by atoms with van der Waals surface area (Å²) in [5, 5.41) is 0. The van der Waals surface area contributed by atoms with Crippen LogP contribution in [0.5, 0.6) is 0 Å². The van der Waals surface area contributed by atoms with E-state index in [0.717, 1.165) is 6.42 Å². The fourth-order valence-corrected chi connectivity index (χ4v) is 2.62. The molecule has 0 amide bonds. The average molecular weight is 348 g/mol. The Labute approximate surface area is 152 Å². The van der Waals surface area contributed by atoms with Crippen molar-refractivity contribution in [3.8, 4) is 0 Å². The minimum Gasteiger partial charge on any atom is -0.454 e. The third-order valence-electron chi connectivity index (χ3n) is 4.45. The van der Waals surface area contributed by atoms with E-state index in [0.29, 0.717) is 28.1 Å². The number of ether oxygens (including phenoxy) is 1. The van der Waals surface area contributed by atoms with E-state index in [4.69, 9.17) is 4.74 Å². The fourth-order valence-electron chi connectivity index (χ4n) is 2.62. The van der Waals surface area contributed by atoms with Gasteiger partial charge in [0, 0.05) is 18.0 Å². The largest absolute Gasteiger partial charge is 0.454 e. The summed E-state index contributed by atoms with van der Waals surface area (Å²) in [7, 11) is 0. The van der Waals surface area contributed by atoms with Crippen LogP contribution in [0.4, 0.5) is 0 Å². The van der Waals surface area contributed by atoms with Gasteiger partial charge in [0.15, 0.2) is 12.4 Å². The van der Waals surface area contributed by atoms with Gasteiger partial charge < -0.3 is 4.74 Å². The first-order chi connectivity index (χ1) is 12.6. The van der Waals surface area contributed by atoms with Crippen molar-refractivity contribution in [2.45, 2.75) is 26.2 Å². The standard InChI is InChI=1S/C21H20N2O3/c1-3-14(2)15-4-6-16(7-5-15)20(24)13-26-21(25)17-8-9-18-19(12-17)23-11-10-22-18/h4-12,14H,3,13H2,1-2H3/t14-/m1/s1. The third kappa shape index (κ3) is 3.94. The summed E-state index contributed by atoms with van der Waals surface area (Å²) in [5.74, 6) is -0.329. The third-order valence-corrected chi connectivity index (χ3v) is 4.45. The normalized spacial score (nSPS) is 11.9. The highest BCUT2D eigenvalue weighted by Gasteiger charge is 2.13. The van der Waals surface area contributed by atoms with Gasteiger partial charge in [-0.15, -0.1) is 0 Å². The van der Waals surface area contributed by atoms with Crippen molar-refractivity contribution in [3.63, 3.8) is 0 Å². The molecule has 0 radical (unpaired) electrons. The Morgan fingerprint density at radius 3 is 2.31 bits per heavy atom. The number of fused-ring (bicyclic) bond motifs is 1. The fraction of sp³-hybridized carbons (Fsp3) is 0.238. The Balaban J connectivity index is 1.63. The maximum atomic E-state index is 12.2. The molecule has 132 valence electrons. The molecular formula is C21H20N2O3. The zero-order valence-electron chi connectivity index (χ0n) is 14.8. The van der Waals surface area contributed by atoms with E-state index in [1.807, 2.05) is 12.1 Å². The molecular weight excluding hydrogens is 328 g/mol. The molecule has 0 aliphatic heterocycles. The van der Waals surface area contributed by atoms with Crippen LogP contribution in [0.15, 0.2) is 54.9 Å². The quantitative estimate of drug-likeness (QED) is 0.494. The maximum absolute atomic E-state index is 12.2. The van der Waals surface area contributed by atoms with E-state index in [1.165, 1.54) is 5.56 Å². The van der Waals surface area contributed by atoms with Gasteiger partial charge in [-0.05, 0) is 36.1 Å². The van der Waals surface area contributed by atoms with Crippen LogP contribution < -0.4 is 0 Å². The van der Waals surface area contributed by atoms with Crippen molar-refractivity contribution in [1.82, 2.24) is 9.97 Å². The number of aromatic nitrogens is 2. The molecule has 1 atom stereocenters. The number of hydrogen-bond donors (Lipinski definition) is 0. The number of Topliss-reactive ketones (excluding diaryl/α,β-unsaturated/α-hetero) is 1. The number of esters is 1. The molecule has 0 fully saturated rings. The summed E-state index contributed by atoms with van der Waals surface area (Å²) in [4.78, 5) is 32.7. The van der Waals surface area contributed by atoms with Crippen molar-refractivity contribution in [2.24, 2.45) is 0 Å². The molecule has 0 spiro atoms. The summed E-state index contributed by atoms with van der Waals surface area (Å²) in [6, 6.07) is 12.4. The Morgan fingerprint density at radius 2 is 1.62 bits per heavy atom. The molecule has 0 saturated carbocycles. The lowest BCUT2D eigenvalue weighted by molar-refractivity contribution is 0.0475. The van der Waals surface area contributed by atoms with E-state index in [2.05, 4.69) is 23.8 Å². The first kappa shape index (κ1) is 17.7. The van der Waals surface area contributed by atoms with Crippen LogP contribution in [0.1, 0.15) is 52.5 Å². The highest BCUT2D eigenvalue weighted by molar-refractivity contribution is 6.00. The summed E-state index contributed by atoms with van der Waals surface area (Å²) in [6.45, 7) is 3.98. The number of ketones is 1. The molecule has 5 nitrogen and oxygen atoms in total. The van der Waals surface area contributed by atoms with Crippen molar-refractivity contribution in [1.29, 1.82) is 0 Å². The number of rotatable bonds is 6. The molecule has 0 aliphatic carbocycles. The molecule has 26 heavy (non-hydrogen) atoms. The number of hydrogen-bond acceptors (Lipinski definition) is 5. The minimum absolute atomic E-state index is 0.227. The van der Waals surface area contributed by atoms with Crippen molar-refractivity contribution in [3.05, 3.63) is 71.5 Å². The monoisotopic (exact) mass is 348 g/mol. The number of carbonyl (C=O) groups excluding carboxylic acids is 2. The van der Waals surface area contributed by atoms with E-state index >= 15 is 0 Å². The molecule has 0 unspecified atom stereocenters. The molecule has 0 N–H and O–H groups in total. The molecule has 0 saturated heterocycles. The predicted molar refractivity (Wildman–Crippen MR) is 99.3 cm³/mol. The van der Waals surface area contributed by atoms with Crippen LogP contribution in [0.3, 0.4) is 0 Å². The first-order valence-corrected chi connectivity index (χ1v) is 8.59. The summed E-state index contributed by atoms with van der Waals surface area (Å²) in [6.07, 6.45) is 4.19. The van der Waals surface area contributed by atoms with E-state index in [-0.39, 0.29) is 12.4 Å². The Bertz CT molecular complexity index is 935. The van der Waals surface area contributed by atoms with Crippen LogP contribution in [-0.2, 0) is 4.74 Å². The van der Waals surface area contributed by atoms with Gasteiger partial charge in [-0.2, -0.15) is 0 Å². The highest BCUT2D eigenvalue weighted by atomic mass is 16.5. The van der Waals surface area contributed by atoms with Crippen LogP contribution in [0.25, 0.3) is 11.0 Å². The number of carbonyl (C=O) groups is 2. The SMILES string of the molecule is CC[C@@H](C)c1ccc(C(=O)COC(=O)c2ccc3nccnc3c2)cc1. The van der Waals surface area contributed by atoms with Crippen molar-refractivity contribution >= 4 is 22.8 Å². The van der Waals surface area contributed by atoms with Crippen LogP contribution >= 0.6 is 0 Å². The highest BCUT2D eigenvalue weighted by Crippen LogP contribution is 2.19. The average Bonchev–Trinajstić information content (AvgIpc) is 2.70. The second kappa shape index (κ2) is 7.87. The Hall–Kier alpha value is -3.08. The number of nitrogens with zero attached hydrogens (tertiary/aromatic N) is 2. The summed E-state index contributed by atoms with van der Waals surface area (Å²) < 4.78 is 5.16. The minimum atomic E-state index is -0.554. The molecule has 1 aromatic heterocycles. The van der Waals surface area contributed by atoms with Gasteiger partial charge in [0.25, 0.3) is 0 Å². The molecule has 3 rings (SSSR count). The van der Waals surface area contributed by atoms with Crippen LogP contribution in [-0.4, -0.2) is 28.3 Å². The predicted octanol–water partition coefficient (Wildman–Crippen LogP) is 4.18. The molecule has 0 bridgehead atoms. The molecule has 2 aromatic carbocycles. The van der Waals surface area contributed by atoms with E-state index in [1.54, 1.807) is 42.7 Å². The van der Waals surface area contributed by atoms with Gasteiger partial charge in [0.2, 0.25) is 0 Å². The lowest BCUT2D eigenvalue weighted by atomic mass is 9.97. The summed E-state index contributed by atoms with van der Waals surface area (Å²) in [5.41, 5.74) is 3.38. The van der Waals surface area contributed by atoms with Gasteiger partial charge in [-0.25, -0.2) is 4.79 Å². The van der Waals surface area contributed by atoms with Crippen molar-refractivity contribution < 1.29 is 14.3 Å². The molecule has 0 aliphatic rings. The molecule has 3 aromatic rings. The summed E-state index contributed by atoms with van der Waals surface area (Å²) >= 11 is 0. The molecule has 5 heteroatoms. The maximum Gasteiger partial charge on any atom is 0.338 e.